The zero-order valence-electron chi connectivity index (χ0n) is 16.1. The highest BCUT2D eigenvalue weighted by Crippen LogP contribution is 2.32. The molecule has 10 heteroatoms. The number of ether oxygens (including phenoxy) is 2. The molecule has 2 aromatic carbocycles. The Morgan fingerprint density at radius 2 is 1.93 bits per heavy atom. The van der Waals surface area contributed by atoms with Crippen molar-refractivity contribution < 1.29 is 14.3 Å². The minimum absolute atomic E-state index is 0.128. The number of nitrogens with zero attached hydrogens (tertiary/aromatic N) is 3. The number of hydrogen-bond acceptors (Lipinski definition) is 7. The number of methoxy groups -OCH3 is 2. The number of carbonyl (C=O) groups is 1. The van der Waals surface area contributed by atoms with Gasteiger partial charge in [-0.25, -0.2) is 4.68 Å². The first kappa shape index (κ1) is 20.8. The number of thioether (sulfide) groups is 1. The molecule has 0 unspecified atom stereocenters. The van der Waals surface area contributed by atoms with Gasteiger partial charge in [0.15, 0.2) is 17.3 Å². The van der Waals surface area contributed by atoms with E-state index in [0.717, 1.165) is 5.56 Å². The highest BCUT2D eigenvalue weighted by atomic mass is 35.5. The summed E-state index contributed by atoms with van der Waals surface area (Å²) in [4.78, 5) is 12.3. The lowest BCUT2D eigenvalue weighted by atomic mass is 10.2. The maximum Gasteiger partial charge on any atom is 0.234 e. The summed E-state index contributed by atoms with van der Waals surface area (Å²) in [5, 5.41) is 12.1. The average Bonchev–Trinajstić information content (AvgIpc) is 3.08. The summed E-state index contributed by atoms with van der Waals surface area (Å²) in [5.41, 5.74) is 2.31. The molecular formula is C19H20ClN5O3S. The maximum atomic E-state index is 12.3. The van der Waals surface area contributed by atoms with Gasteiger partial charge < -0.3 is 20.6 Å². The number of carbonyl (C=O) groups excluding carboxylic acids is 1. The Labute approximate surface area is 177 Å². The molecule has 0 atom stereocenters. The van der Waals surface area contributed by atoms with E-state index < -0.39 is 0 Å². The molecule has 0 saturated carbocycles. The quantitative estimate of drug-likeness (QED) is 0.434. The molecule has 29 heavy (non-hydrogen) atoms. The number of aryl methyl sites for hydroxylation is 1. The second-order valence-electron chi connectivity index (χ2n) is 6.04. The van der Waals surface area contributed by atoms with Gasteiger partial charge in [0.05, 0.1) is 20.0 Å². The van der Waals surface area contributed by atoms with Crippen LogP contribution in [0.4, 0.5) is 5.69 Å². The monoisotopic (exact) mass is 433 g/mol. The van der Waals surface area contributed by atoms with E-state index in [-0.39, 0.29) is 11.7 Å². The highest BCUT2D eigenvalue weighted by molar-refractivity contribution is 7.99. The van der Waals surface area contributed by atoms with Crippen LogP contribution in [0.25, 0.3) is 11.4 Å². The van der Waals surface area contributed by atoms with Gasteiger partial charge in [0.2, 0.25) is 11.1 Å². The Hall–Kier alpha value is -2.91. The normalized spacial score (nSPS) is 10.6. The molecule has 8 nitrogen and oxygen atoms in total. The van der Waals surface area contributed by atoms with E-state index >= 15 is 0 Å². The van der Waals surface area contributed by atoms with Crippen molar-refractivity contribution in [3.8, 4) is 22.9 Å². The van der Waals surface area contributed by atoms with Crippen LogP contribution >= 0.6 is 23.4 Å². The molecule has 152 valence electrons. The van der Waals surface area contributed by atoms with Crippen molar-refractivity contribution in [2.24, 2.45) is 0 Å². The second-order valence-corrected chi connectivity index (χ2v) is 7.42. The fraction of sp³-hybridized carbons (Fsp3) is 0.211. The summed E-state index contributed by atoms with van der Waals surface area (Å²) in [6, 6.07) is 10.6. The smallest absolute Gasteiger partial charge is 0.234 e. The standard InChI is InChI=1S/C19H20ClN5O3S/c1-11-8-13(20)5-6-14(11)22-17(26)10-29-19-24-23-18(25(19)21)12-4-7-15(27-2)16(9-12)28-3/h4-9H,10,21H2,1-3H3,(H,22,26). The molecule has 0 fully saturated rings. The number of hydrogen-bond donors (Lipinski definition) is 2. The lowest BCUT2D eigenvalue weighted by molar-refractivity contribution is -0.113. The van der Waals surface area contributed by atoms with Crippen LogP contribution in [0.3, 0.4) is 0 Å². The summed E-state index contributed by atoms with van der Waals surface area (Å²) in [6.07, 6.45) is 0. The van der Waals surface area contributed by atoms with Crippen LogP contribution in [0.1, 0.15) is 5.56 Å². The van der Waals surface area contributed by atoms with Gasteiger partial charge in [0.1, 0.15) is 0 Å². The van der Waals surface area contributed by atoms with Crippen LogP contribution < -0.4 is 20.6 Å². The van der Waals surface area contributed by atoms with Crippen LogP contribution in [0, 0.1) is 6.92 Å². The fourth-order valence-electron chi connectivity index (χ4n) is 2.63. The predicted molar refractivity (Wildman–Crippen MR) is 114 cm³/mol. The largest absolute Gasteiger partial charge is 0.493 e. The van der Waals surface area contributed by atoms with E-state index in [0.29, 0.717) is 38.8 Å². The van der Waals surface area contributed by atoms with Crippen molar-refractivity contribution in [3.63, 3.8) is 0 Å². The zero-order valence-corrected chi connectivity index (χ0v) is 17.7. The summed E-state index contributed by atoms with van der Waals surface area (Å²) >= 11 is 7.12. The number of aromatic nitrogens is 3. The first-order valence-corrected chi connectivity index (χ1v) is 9.91. The number of nitrogens with two attached hydrogens (primary N) is 1. The number of nitrogens with one attached hydrogen (secondary N) is 1. The molecule has 0 aliphatic heterocycles. The molecule has 0 saturated heterocycles. The predicted octanol–water partition coefficient (Wildman–Crippen LogP) is 3.37. The Kier molecular flexibility index (Phi) is 6.50. The van der Waals surface area contributed by atoms with Crippen LogP contribution in [-0.4, -0.2) is 40.8 Å². The van der Waals surface area contributed by atoms with E-state index in [4.69, 9.17) is 26.9 Å². The number of benzene rings is 2. The molecular weight excluding hydrogens is 414 g/mol. The van der Waals surface area contributed by atoms with Gasteiger partial charge in [-0.2, -0.15) is 0 Å². The third-order valence-corrected chi connectivity index (χ3v) is 5.28. The van der Waals surface area contributed by atoms with Crippen LogP contribution in [0.2, 0.25) is 5.02 Å². The van der Waals surface area contributed by atoms with E-state index in [9.17, 15) is 4.79 Å². The Morgan fingerprint density at radius 1 is 1.17 bits per heavy atom. The van der Waals surface area contributed by atoms with E-state index in [1.807, 2.05) is 6.92 Å². The van der Waals surface area contributed by atoms with Gasteiger partial charge in [-0.05, 0) is 48.9 Å². The van der Waals surface area contributed by atoms with Gasteiger partial charge in [0.25, 0.3) is 0 Å². The maximum absolute atomic E-state index is 12.3. The Bertz CT molecular complexity index is 1040. The average molecular weight is 434 g/mol. The van der Waals surface area contributed by atoms with Crippen molar-refractivity contribution in [3.05, 3.63) is 47.0 Å². The van der Waals surface area contributed by atoms with Crippen molar-refractivity contribution in [1.29, 1.82) is 0 Å². The number of nitrogen functional groups attached to an aromatic ring is 1. The van der Waals surface area contributed by atoms with Crippen LogP contribution in [-0.2, 0) is 4.79 Å². The molecule has 0 aliphatic carbocycles. The summed E-state index contributed by atoms with van der Waals surface area (Å²) in [6.45, 7) is 1.88. The minimum atomic E-state index is -0.184. The number of halogens is 1. The SMILES string of the molecule is COc1ccc(-c2nnc(SCC(=O)Nc3ccc(Cl)cc3C)n2N)cc1OC. The molecule has 1 heterocycles. The Morgan fingerprint density at radius 3 is 2.62 bits per heavy atom. The summed E-state index contributed by atoms with van der Waals surface area (Å²) in [5.74, 6) is 7.68. The number of anilines is 1. The van der Waals surface area contributed by atoms with E-state index in [2.05, 4.69) is 15.5 Å². The molecule has 0 aliphatic rings. The van der Waals surface area contributed by atoms with Gasteiger partial charge in [-0.3, -0.25) is 4.79 Å². The van der Waals surface area contributed by atoms with Crippen molar-refractivity contribution in [1.82, 2.24) is 14.9 Å². The topological polar surface area (TPSA) is 104 Å². The summed E-state index contributed by atoms with van der Waals surface area (Å²) < 4.78 is 11.9. The summed E-state index contributed by atoms with van der Waals surface area (Å²) in [7, 11) is 3.12. The molecule has 3 aromatic rings. The van der Waals surface area contributed by atoms with Gasteiger partial charge >= 0.3 is 0 Å². The van der Waals surface area contributed by atoms with Gasteiger partial charge in [-0.15, -0.1) is 10.2 Å². The van der Waals surface area contributed by atoms with Crippen molar-refractivity contribution in [2.75, 3.05) is 31.1 Å². The highest BCUT2D eigenvalue weighted by Gasteiger charge is 2.16. The first-order chi connectivity index (χ1) is 13.9. The van der Waals surface area contributed by atoms with E-state index in [1.165, 1.54) is 16.4 Å². The Balaban J connectivity index is 1.69. The molecule has 0 bridgehead atoms. The molecule has 1 amide bonds. The lowest BCUT2D eigenvalue weighted by Crippen LogP contribution is -2.17. The van der Waals surface area contributed by atoms with Gasteiger partial charge in [-0.1, -0.05) is 23.4 Å². The first-order valence-electron chi connectivity index (χ1n) is 8.54. The zero-order chi connectivity index (χ0) is 21.0. The minimum Gasteiger partial charge on any atom is -0.493 e. The number of amides is 1. The third kappa shape index (κ3) is 4.75. The second kappa shape index (κ2) is 9.06. The molecule has 0 spiro atoms. The van der Waals surface area contributed by atoms with Crippen LogP contribution in [0.15, 0.2) is 41.6 Å². The molecule has 0 radical (unpaired) electrons. The van der Waals surface area contributed by atoms with Gasteiger partial charge in [0, 0.05) is 16.3 Å². The van der Waals surface area contributed by atoms with Crippen LogP contribution in [0.5, 0.6) is 11.5 Å². The molecule has 3 N–H and O–H groups in total. The lowest BCUT2D eigenvalue weighted by Gasteiger charge is -2.10. The van der Waals surface area contributed by atoms with Crippen molar-refractivity contribution in [2.45, 2.75) is 12.1 Å². The van der Waals surface area contributed by atoms with E-state index in [1.54, 1.807) is 50.6 Å². The molecule has 3 rings (SSSR count). The van der Waals surface area contributed by atoms with Crippen molar-refractivity contribution >= 4 is 35.0 Å². The number of rotatable bonds is 7. The third-order valence-electron chi connectivity index (χ3n) is 4.10. The molecule has 1 aromatic heterocycles. The fourth-order valence-corrected chi connectivity index (χ4v) is 3.51.